The Hall–Kier alpha value is -2.62. The van der Waals surface area contributed by atoms with Gasteiger partial charge < -0.3 is 4.74 Å². The minimum atomic E-state index is -0.622. The van der Waals surface area contributed by atoms with Crippen LogP contribution in [0.1, 0.15) is 50.3 Å². The van der Waals surface area contributed by atoms with Crippen LogP contribution < -0.4 is 4.90 Å². The molecule has 0 saturated carbocycles. The van der Waals surface area contributed by atoms with Crippen LogP contribution in [0.5, 0.6) is 0 Å². The maximum atomic E-state index is 11.7. The smallest absolute Gasteiger partial charge is 0.298 e. The van der Waals surface area contributed by atoms with Gasteiger partial charge in [0.15, 0.2) is 12.4 Å². The summed E-state index contributed by atoms with van der Waals surface area (Å²) < 4.78 is 6.07. The number of carbonyl (C=O) groups is 1. The number of amidine groups is 1. The van der Waals surface area contributed by atoms with Crippen molar-refractivity contribution >= 4 is 23.7 Å². The number of benzene rings is 2. The van der Waals surface area contributed by atoms with Gasteiger partial charge in [-0.15, -0.1) is 0 Å². The van der Waals surface area contributed by atoms with Gasteiger partial charge >= 0.3 is 0 Å². The Labute approximate surface area is 155 Å². The summed E-state index contributed by atoms with van der Waals surface area (Å²) in [5.41, 5.74) is 3.77. The van der Waals surface area contributed by atoms with Crippen LogP contribution in [0.25, 0.3) is 0 Å². The van der Waals surface area contributed by atoms with Crippen LogP contribution in [0.3, 0.4) is 0 Å². The van der Waals surface area contributed by atoms with Crippen molar-refractivity contribution in [3.63, 3.8) is 0 Å². The normalized spacial score (nSPS) is 16.9. The Morgan fingerprint density at radius 1 is 1.19 bits per heavy atom. The summed E-state index contributed by atoms with van der Waals surface area (Å²) in [5, 5.41) is 0. The van der Waals surface area contributed by atoms with Crippen molar-refractivity contribution in [1.29, 1.82) is 0 Å². The molecule has 1 heterocycles. The standard InChI is InChI=1S/C22H26N2O2/c1-4-9-17(5-2)24(18-10-7-6-8-11-18)22-23-20-13-12-16(3)14-19(20)21(15-25)26-22/h6-8,10-15,17,21H,4-5,9H2,1-3H3. The molecule has 2 unspecified atom stereocenters. The minimum Gasteiger partial charge on any atom is -0.449 e. The molecule has 2 aromatic carbocycles. The third kappa shape index (κ3) is 3.64. The van der Waals surface area contributed by atoms with E-state index >= 15 is 0 Å². The minimum absolute atomic E-state index is 0.264. The molecule has 4 heteroatoms. The maximum absolute atomic E-state index is 11.7. The number of ether oxygens (including phenoxy) is 1. The molecule has 0 aliphatic carbocycles. The van der Waals surface area contributed by atoms with E-state index in [9.17, 15) is 4.79 Å². The molecule has 2 atom stereocenters. The molecule has 0 fully saturated rings. The predicted octanol–water partition coefficient (Wildman–Crippen LogP) is 5.34. The van der Waals surface area contributed by atoms with Gasteiger partial charge in [-0.05, 0) is 44.0 Å². The molecular formula is C22H26N2O2. The van der Waals surface area contributed by atoms with Gasteiger partial charge in [-0.1, -0.05) is 50.1 Å². The number of hydrogen-bond acceptors (Lipinski definition) is 4. The van der Waals surface area contributed by atoms with E-state index < -0.39 is 6.10 Å². The number of aliphatic imine (C=N–C) groups is 1. The lowest BCUT2D eigenvalue weighted by atomic mass is 10.0. The van der Waals surface area contributed by atoms with Gasteiger partial charge in [-0.2, -0.15) is 4.99 Å². The van der Waals surface area contributed by atoms with Crippen LogP contribution in [0.2, 0.25) is 0 Å². The Morgan fingerprint density at radius 3 is 2.62 bits per heavy atom. The Morgan fingerprint density at radius 2 is 1.96 bits per heavy atom. The van der Waals surface area contributed by atoms with E-state index in [4.69, 9.17) is 9.73 Å². The second-order valence-electron chi connectivity index (χ2n) is 6.69. The molecule has 1 aliphatic heterocycles. The largest absolute Gasteiger partial charge is 0.449 e. The third-order valence-electron chi connectivity index (χ3n) is 4.76. The Bertz CT molecular complexity index is 786. The topological polar surface area (TPSA) is 41.9 Å². The summed E-state index contributed by atoms with van der Waals surface area (Å²) >= 11 is 0. The molecular weight excluding hydrogens is 324 g/mol. The fourth-order valence-electron chi connectivity index (χ4n) is 3.44. The highest BCUT2D eigenvalue weighted by Gasteiger charge is 2.30. The van der Waals surface area contributed by atoms with Crippen molar-refractivity contribution in [2.45, 2.75) is 52.2 Å². The number of aldehydes is 1. The van der Waals surface area contributed by atoms with Crippen molar-refractivity contribution < 1.29 is 9.53 Å². The fraction of sp³-hybridized carbons (Fsp3) is 0.364. The number of rotatable bonds is 6. The first-order valence-electron chi connectivity index (χ1n) is 9.33. The van der Waals surface area contributed by atoms with Crippen molar-refractivity contribution in [3.05, 3.63) is 59.7 Å². The highest BCUT2D eigenvalue weighted by atomic mass is 16.5. The van der Waals surface area contributed by atoms with Gasteiger partial charge in [-0.3, -0.25) is 9.69 Å². The van der Waals surface area contributed by atoms with Crippen LogP contribution in [0.15, 0.2) is 53.5 Å². The van der Waals surface area contributed by atoms with Crippen molar-refractivity contribution in [2.75, 3.05) is 4.90 Å². The SMILES string of the molecule is CCCC(CC)N(C1=Nc2ccc(C)cc2C(C=O)O1)c1ccccc1. The highest BCUT2D eigenvalue weighted by Crippen LogP contribution is 2.35. The summed E-state index contributed by atoms with van der Waals surface area (Å²) in [6.45, 7) is 6.36. The van der Waals surface area contributed by atoms with Crippen LogP contribution in [0.4, 0.5) is 11.4 Å². The molecule has 3 rings (SSSR count). The van der Waals surface area contributed by atoms with E-state index in [0.29, 0.717) is 6.02 Å². The first kappa shape index (κ1) is 18.2. The molecule has 0 N–H and O–H groups in total. The van der Waals surface area contributed by atoms with E-state index in [1.807, 2.05) is 43.3 Å². The number of carbonyl (C=O) groups excluding carboxylic acids is 1. The average Bonchev–Trinajstić information content (AvgIpc) is 2.68. The lowest BCUT2D eigenvalue weighted by Crippen LogP contribution is -2.43. The monoisotopic (exact) mass is 350 g/mol. The molecule has 2 aromatic rings. The molecule has 0 spiro atoms. The zero-order valence-corrected chi connectivity index (χ0v) is 15.7. The molecule has 1 aliphatic rings. The summed E-state index contributed by atoms with van der Waals surface area (Å²) in [7, 11) is 0. The summed E-state index contributed by atoms with van der Waals surface area (Å²) in [6.07, 6.45) is 3.30. The lowest BCUT2D eigenvalue weighted by molar-refractivity contribution is -0.114. The van der Waals surface area contributed by atoms with Crippen molar-refractivity contribution in [2.24, 2.45) is 4.99 Å². The molecule has 0 aromatic heterocycles. The average molecular weight is 350 g/mol. The van der Waals surface area contributed by atoms with E-state index in [1.165, 1.54) is 0 Å². The van der Waals surface area contributed by atoms with Gasteiger partial charge in [0.05, 0.1) is 5.69 Å². The quantitative estimate of drug-likeness (QED) is 0.661. The van der Waals surface area contributed by atoms with Gasteiger partial charge in [-0.25, -0.2) is 0 Å². The van der Waals surface area contributed by atoms with Gasteiger partial charge in [0.25, 0.3) is 6.02 Å². The lowest BCUT2D eigenvalue weighted by Gasteiger charge is -2.36. The predicted molar refractivity (Wildman–Crippen MR) is 106 cm³/mol. The van der Waals surface area contributed by atoms with Crippen LogP contribution >= 0.6 is 0 Å². The number of para-hydroxylation sites is 1. The van der Waals surface area contributed by atoms with Crippen LogP contribution in [-0.2, 0) is 9.53 Å². The number of nitrogens with zero attached hydrogens (tertiary/aromatic N) is 2. The summed E-state index contributed by atoms with van der Waals surface area (Å²) in [5.74, 6) is 0. The second kappa shape index (κ2) is 8.17. The second-order valence-corrected chi connectivity index (χ2v) is 6.69. The van der Waals surface area contributed by atoms with Crippen LogP contribution in [-0.4, -0.2) is 18.3 Å². The van der Waals surface area contributed by atoms with E-state index in [-0.39, 0.29) is 6.04 Å². The van der Waals surface area contributed by atoms with E-state index in [2.05, 4.69) is 30.9 Å². The number of hydrogen-bond donors (Lipinski definition) is 0. The van der Waals surface area contributed by atoms with Crippen LogP contribution in [0, 0.1) is 6.92 Å². The molecule has 0 radical (unpaired) electrons. The first-order chi connectivity index (χ1) is 12.7. The van der Waals surface area contributed by atoms with Gasteiger partial charge in [0.1, 0.15) is 0 Å². The molecule has 0 saturated heterocycles. The summed E-state index contributed by atoms with van der Waals surface area (Å²) in [6, 6.07) is 16.9. The number of aryl methyl sites for hydroxylation is 1. The zero-order valence-electron chi connectivity index (χ0n) is 15.7. The molecule has 0 amide bonds. The molecule has 0 bridgehead atoms. The Balaban J connectivity index is 2.08. The maximum Gasteiger partial charge on any atom is 0.298 e. The fourth-order valence-corrected chi connectivity index (χ4v) is 3.44. The zero-order chi connectivity index (χ0) is 18.5. The van der Waals surface area contributed by atoms with Crippen molar-refractivity contribution in [3.8, 4) is 0 Å². The van der Waals surface area contributed by atoms with E-state index in [0.717, 1.165) is 48.1 Å². The number of anilines is 1. The third-order valence-corrected chi connectivity index (χ3v) is 4.76. The molecule has 136 valence electrons. The highest BCUT2D eigenvalue weighted by molar-refractivity contribution is 5.96. The first-order valence-corrected chi connectivity index (χ1v) is 9.33. The Kier molecular flexibility index (Phi) is 5.71. The van der Waals surface area contributed by atoms with Gasteiger partial charge in [0.2, 0.25) is 0 Å². The molecule has 4 nitrogen and oxygen atoms in total. The molecule has 26 heavy (non-hydrogen) atoms. The van der Waals surface area contributed by atoms with Crippen molar-refractivity contribution in [1.82, 2.24) is 0 Å². The van der Waals surface area contributed by atoms with Gasteiger partial charge in [0, 0.05) is 17.3 Å². The number of fused-ring (bicyclic) bond motifs is 1. The van der Waals surface area contributed by atoms with E-state index in [1.54, 1.807) is 0 Å². The summed E-state index contributed by atoms with van der Waals surface area (Å²) in [4.78, 5) is 18.6.